The highest BCUT2D eigenvalue weighted by Crippen LogP contribution is 2.53. The van der Waals surface area contributed by atoms with E-state index in [4.69, 9.17) is 0 Å². The fourth-order valence-corrected chi connectivity index (χ4v) is 4.50. The van der Waals surface area contributed by atoms with E-state index in [9.17, 15) is 9.59 Å². The Balaban J connectivity index is 2.12. The number of benzene rings is 2. The largest absolute Gasteiger partial charge is 0.331 e. The summed E-state index contributed by atoms with van der Waals surface area (Å²) in [6.45, 7) is 7.25. The van der Waals surface area contributed by atoms with Gasteiger partial charge in [0.15, 0.2) is 0 Å². The van der Waals surface area contributed by atoms with Crippen molar-refractivity contribution in [3.63, 3.8) is 0 Å². The summed E-state index contributed by atoms with van der Waals surface area (Å²) >= 11 is 0. The van der Waals surface area contributed by atoms with Crippen molar-refractivity contribution >= 4 is 17.5 Å². The molecule has 0 aliphatic heterocycles. The van der Waals surface area contributed by atoms with Crippen LogP contribution in [0.15, 0.2) is 47.6 Å². The molecule has 0 saturated heterocycles. The number of nitrogens with zero attached hydrogens (tertiary/aromatic N) is 1. The molecular weight excluding hydrogens is 350 g/mol. The third-order valence-corrected chi connectivity index (χ3v) is 5.52. The number of ketones is 1. The molecule has 3 rings (SSSR count). The summed E-state index contributed by atoms with van der Waals surface area (Å²) in [4.78, 5) is 28.4. The monoisotopic (exact) mass is 377 g/mol. The van der Waals surface area contributed by atoms with Gasteiger partial charge in [-0.1, -0.05) is 68.2 Å². The molecule has 28 heavy (non-hydrogen) atoms. The summed E-state index contributed by atoms with van der Waals surface area (Å²) in [6.07, 6.45) is 4.23. The van der Waals surface area contributed by atoms with E-state index in [-0.39, 0.29) is 16.9 Å². The average molecular weight is 377 g/mol. The van der Waals surface area contributed by atoms with E-state index in [2.05, 4.69) is 48.1 Å². The predicted octanol–water partition coefficient (Wildman–Crippen LogP) is 5.68. The maximum absolute atomic E-state index is 12.8. The van der Waals surface area contributed by atoms with E-state index in [1.165, 1.54) is 29.2 Å². The van der Waals surface area contributed by atoms with Crippen LogP contribution in [0.5, 0.6) is 0 Å². The van der Waals surface area contributed by atoms with Gasteiger partial charge < -0.3 is 4.84 Å². The van der Waals surface area contributed by atoms with E-state index in [0.717, 1.165) is 25.7 Å². The van der Waals surface area contributed by atoms with Gasteiger partial charge in [0.05, 0.1) is 0 Å². The van der Waals surface area contributed by atoms with Crippen molar-refractivity contribution < 1.29 is 14.4 Å². The van der Waals surface area contributed by atoms with Gasteiger partial charge in [0.2, 0.25) is 5.78 Å². The third kappa shape index (κ3) is 3.39. The van der Waals surface area contributed by atoms with Crippen LogP contribution in [0.4, 0.5) is 0 Å². The summed E-state index contributed by atoms with van der Waals surface area (Å²) in [5.41, 5.74) is 5.75. The first kappa shape index (κ1) is 20.0. The molecule has 0 bridgehead atoms. The summed E-state index contributed by atoms with van der Waals surface area (Å²) < 4.78 is 0. The minimum Gasteiger partial charge on any atom is -0.318 e. The molecule has 1 aliphatic rings. The molecule has 0 saturated carbocycles. The lowest BCUT2D eigenvalue weighted by Crippen LogP contribution is -2.25. The zero-order chi connectivity index (χ0) is 20.3. The van der Waals surface area contributed by atoms with Crippen LogP contribution in [0, 0.1) is 0 Å². The smallest absolute Gasteiger partial charge is 0.318 e. The van der Waals surface area contributed by atoms with Crippen molar-refractivity contribution in [1.82, 2.24) is 0 Å². The van der Waals surface area contributed by atoms with Crippen LogP contribution < -0.4 is 0 Å². The van der Waals surface area contributed by atoms with Crippen LogP contribution in [-0.4, -0.2) is 17.5 Å². The molecule has 2 aromatic rings. The number of carbonyl (C=O) groups excluding carboxylic acids is 2. The number of fused-ring (bicyclic) bond motifs is 3. The van der Waals surface area contributed by atoms with Crippen LogP contribution in [0.3, 0.4) is 0 Å². The quantitative estimate of drug-likeness (QED) is 0.270. The van der Waals surface area contributed by atoms with E-state index < -0.39 is 5.97 Å². The average Bonchev–Trinajstić information content (AvgIpc) is 2.96. The maximum Gasteiger partial charge on any atom is 0.331 e. The topological polar surface area (TPSA) is 55.7 Å². The summed E-state index contributed by atoms with van der Waals surface area (Å²) in [6, 6.07) is 14.5. The van der Waals surface area contributed by atoms with E-state index >= 15 is 0 Å². The lowest BCUT2D eigenvalue weighted by molar-refractivity contribution is -0.140. The second kappa shape index (κ2) is 8.09. The number of Topliss-reactive ketones (excluding diaryl/α,β-unsaturated/α-hetero) is 1. The molecule has 0 amide bonds. The van der Waals surface area contributed by atoms with Crippen molar-refractivity contribution in [2.75, 3.05) is 0 Å². The Bertz CT molecular complexity index is 937. The number of hydrogen-bond acceptors (Lipinski definition) is 4. The van der Waals surface area contributed by atoms with E-state index in [1.807, 2.05) is 18.2 Å². The van der Waals surface area contributed by atoms with Gasteiger partial charge in [-0.25, -0.2) is 4.79 Å². The lowest BCUT2D eigenvalue weighted by Gasteiger charge is -2.32. The molecule has 0 N–H and O–H groups in total. The molecule has 0 atom stereocenters. The van der Waals surface area contributed by atoms with Gasteiger partial charge in [-0.3, -0.25) is 4.79 Å². The molecule has 0 unspecified atom stereocenters. The first-order chi connectivity index (χ1) is 13.4. The summed E-state index contributed by atoms with van der Waals surface area (Å²) in [7, 11) is 0. The van der Waals surface area contributed by atoms with Gasteiger partial charge in [-0.2, -0.15) is 0 Å². The highest BCUT2D eigenvalue weighted by atomic mass is 16.7. The van der Waals surface area contributed by atoms with Crippen LogP contribution in [0.2, 0.25) is 0 Å². The van der Waals surface area contributed by atoms with Gasteiger partial charge in [-0.05, 0) is 48.1 Å². The second-order valence-corrected chi connectivity index (χ2v) is 7.48. The third-order valence-electron chi connectivity index (χ3n) is 5.52. The highest BCUT2D eigenvalue weighted by molar-refractivity contribution is 6.45. The fourth-order valence-electron chi connectivity index (χ4n) is 4.50. The molecule has 0 radical (unpaired) electrons. The Kier molecular flexibility index (Phi) is 5.78. The van der Waals surface area contributed by atoms with Crippen molar-refractivity contribution in [3.05, 3.63) is 59.2 Å². The fraction of sp³-hybridized carbons (Fsp3) is 0.375. The van der Waals surface area contributed by atoms with E-state index in [0.29, 0.717) is 5.56 Å². The van der Waals surface area contributed by atoms with Crippen molar-refractivity contribution in [2.24, 2.45) is 5.16 Å². The molecule has 146 valence electrons. The Morgan fingerprint density at radius 1 is 0.929 bits per heavy atom. The Morgan fingerprint density at radius 2 is 1.57 bits per heavy atom. The standard InChI is InChI=1S/C24H27NO3/c1-5-13-24(14-6-2)21-10-8-7-9-19(21)20-12-11-18(15-22(20)24)23(27)16(3)25-28-17(4)26/h7-12,15H,5-6,13-14H2,1-4H3. The van der Waals surface area contributed by atoms with Crippen LogP contribution in [0.25, 0.3) is 11.1 Å². The van der Waals surface area contributed by atoms with Gasteiger partial charge in [0.1, 0.15) is 5.71 Å². The molecule has 0 spiro atoms. The first-order valence-corrected chi connectivity index (χ1v) is 9.96. The lowest BCUT2D eigenvalue weighted by atomic mass is 9.71. The van der Waals surface area contributed by atoms with Crippen LogP contribution in [0.1, 0.15) is 74.9 Å². The molecule has 1 aliphatic carbocycles. The Morgan fingerprint density at radius 3 is 2.21 bits per heavy atom. The highest BCUT2D eigenvalue weighted by Gasteiger charge is 2.41. The minimum atomic E-state index is -0.540. The van der Waals surface area contributed by atoms with E-state index in [1.54, 1.807) is 6.92 Å². The van der Waals surface area contributed by atoms with Crippen molar-refractivity contribution in [1.29, 1.82) is 0 Å². The molecule has 0 fully saturated rings. The number of hydrogen-bond donors (Lipinski definition) is 0. The summed E-state index contributed by atoms with van der Waals surface area (Å²) in [5, 5.41) is 3.66. The van der Waals surface area contributed by atoms with Crippen LogP contribution in [-0.2, 0) is 15.0 Å². The van der Waals surface area contributed by atoms with Gasteiger partial charge in [0, 0.05) is 17.9 Å². The SMILES string of the molecule is CCCC1(CCC)c2ccccc2-c2ccc(C(=O)C(C)=NOC(C)=O)cc21. The molecular formula is C24H27NO3. The zero-order valence-corrected chi connectivity index (χ0v) is 17.0. The second-order valence-electron chi connectivity index (χ2n) is 7.48. The number of rotatable bonds is 7. The predicted molar refractivity (Wildman–Crippen MR) is 112 cm³/mol. The Labute approximate surface area is 166 Å². The zero-order valence-electron chi connectivity index (χ0n) is 17.0. The van der Waals surface area contributed by atoms with Crippen molar-refractivity contribution in [2.45, 2.75) is 58.8 Å². The van der Waals surface area contributed by atoms with Crippen LogP contribution >= 0.6 is 0 Å². The number of carbonyl (C=O) groups is 2. The van der Waals surface area contributed by atoms with Gasteiger partial charge in [0.25, 0.3) is 0 Å². The molecule has 4 nitrogen and oxygen atoms in total. The minimum absolute atomic E-state index is 0.0628. The maximum atomic E-state index is 12.8. The normalized spacial score (nSPS) is 14.4. The Hall–Kier alpha value is -2.75. The van der Waals surface area contributed by atoms with Gasteiger partial charge >= 0.3 is 5.97 Å². The number of oxime groups is 1. The van der Waals surface area contributed by atoms with Gasteiger partial charge in [-0.15, -0.1) is 0 Å². The summed E-state index contributed by atoms with van der Waals surface area (Å²) in [5.74, 6) is -0.761. The molecule has 2 aromatic carbocycles. The molecule has 0 aromatic heterocycles. The molecule has 0 heterocycles. The first-order valence-electron chi connectivity index (χ1n) is 9.96. The molecule has 4 heteroatoms. The van der Waals surface area contributed by atoms with Crippen molar-refractivity contribution in [3.8, 4) is 11.1 Å².